The van der Waals surface area contributed by atoms with Gasteiger partial charge in [-0.2, -0.15) is 0 Å². The Bertz CT molecular complexity index is 862. The van der Waals surface area contributed by atoms with Gasteiger partial charge in [-0.3, -0.25) is 4.98 Å². The van der Waals surface area contributed by atoms with Crippen LogP contribution in [0.4, 0.5) is 20.6 Å². The molecule has 120 valence electrons. The maximum Gasteiger partial charge on any atom is 0.323 e. The molecule has 0 unspecified atom stereocenters. The third-order valence-corrected chi connectivity index (χ3v) is 3.46. The second-order valence-electron chi connectivity index (χ2n) is 5.35. The monoisotopic (exact) mass is 321 g/mol. The minimum absolute atomic E-state index is 0.398. The Morgan fingerprint density at radius 3 is 2.38 bits per heavy atom. The molecular weight excluding hydrogens is 305 g/mol. The van der Waals surface area contributed by atoms with Crippen LogP contribution in [0.3, 0.4) is 0 Å². The van der Waals surface area contributed by atoms with Crippen molar-refractivity contribution in [3.8, 4) is 11.1 Å². The van der Waals surface area contributed by atoms with Gasteiger partial charge < -0.3 is 10.6 Å². The summed E-state index contributed by atoms with van der Waals surface area (Å²) in [5, 5.41) is 5.30. The van der Waals surface area contributed by atoms with Crippen LogP contribution in [0.5, 0.6) is 0 Å². The summed E-state index contributed by atoms with van der Waals surface area (Å²) in [5.41, 5.74) is 4.11. The van der Waals surface area contributed by atoms with E-state index in [0.717, 1.165) is 16.8 Å². The number of pyridine rings is 1. The van der Waals surface area contributed by atoms with E-state index in [1.807, 2.05) is 43.3 Å². The lowest BCUT2D eigenvalue weighted by molar-refractivity contribution is 0.262. The summed E-state index contributed by atoms with van der Waals surface area (Å²) < 4.78 is 13.1. The molecule has 0 aliphatic rings. The molecule has 24 heavy (non-hydrogen) atoms. The molecule has 0 radical (unpaired) electrons. The fourth-order valence-electron chi connectivity index (χ4n) is 2.33. The molecule has 2 N–H and O–H groups in total. The number of benzene rings is 2. The second-order valence-corrected chi connectivity index (χ2v) is 5.35. The number of halogens is 1. The van der Waals surface area contributed by atoms with Crippen molar-refractivity contribution in [2.24, 2.45) is 0 Å². The summed E-state index contributed by atoms with van der Waals surface area (Å²) in [6.07, 6.45) is 1.77. The summed E-state index contributed by atoms with van der Waals surface area (Å²) >= 11 is 0. The fourth-order valence-corrected chi connectivity index (χ4v) is 2.33. The third-order valence-electron chi connectivity index (χ3n) is 3.46. The lowest BCUT2D eigenvalue weighted by atomic mass is 10.1. The highest BCUT2D eigenvalue weighted by molar-refractivity contribution is 5.99. The predicted octanol–water partition coefficient (Wildman–Crippen LogP) is 4.84. The van der Waals surface area contributed by atoms with Crippen molar-refractivity contribution in [3.63, 3.8) is 0 Å². The number of aryl methyl sites for hydroxylation is 1. The molecule has 3 aromatic rings. The average Bonchev–Trinajstić information content (AvgIpc) is 2.55. The van der Waals surface area contributed by atoms with Gasteiger partial charge >= 0.3 is 6.03 Å². The van der Waals surface area contributed by atoms with Gasteiger partial charge in [0, 0.05) is 23.3 Å². The Morgan fingerprint density at radius 1 is 0.917 bits per heavy atom. The molecule has 0 aliphatic carbocycles. The number of aromatic nitrogens is 1. The van der Waals surface area contributed by atoms with Gasteiger partial charge in [-0.05, 0) is 60.5 Å². The van der Waals surface area contributed by atoms with Crippen molar-refractivity contribution < 1.29 is 9.18 Å². The summed E-state index contributed by atoms with van der Waals surface area (Å²) in [5.74, 6) is -0.398. The zero-order chi connectivity index (χ0) is 16.9. The SMILES string of the molecule is Cc1cc(-c2ccc(NC(=O)Nc3cccc(F)c3)cc2)ccn1. The van der Waals surface area contributed by atoms with E-state index in [-0.39, 0.29) is 0 Å². The van der Waals surface area contributed by atoms with Crippen LogP contribution in [-0.4, -0.2) is 11.0 Å². The molecule has 0 spiro atoms. The number of rotatable bonds is 3. The average molecular weight is 321 g/mol. The standard InChI is InChI=1S/C19H16FN3O/c1-13-11-15(9-10-21-13)14-5-7-17(8-6-14)22-19(24)23-18-4-2-3-16(20)12-18/h2-12H,1H3,(H2,22,23,24). The lowest BCUT2D eigenvalue weighted by Crippen LogP contribution is -2.19. The highest BCUT2D eigenvalue weighted by Crippen LogP contribution is 2.21. The topological polar surface area (TPSA) is 54.0 Å². The minimum Gasteiger partial charge on any atom is -0.308 e. The van der Waals surface area contributed by atoms with Crippen molar-refractivity contribution in [2.45, 2.75) is 6.92 Å². The molecule has 5 heteroatoms. The first-order valence-electron chi connectivity index (χ1n) is 7.47. The van der Waals surface area contributed by atoms with Crippen LogP contribution in [0.15, 0.2) is 66.9 Å². The second kappa shape index (κ2) is 6.91. The minimum atomic E-state index is -0.423. The first-order chi connectivity index (χ1) is 11.6. The first kappa shape index (κ1) is 15.7. The molecule has 1 heterocycles. The first-order valence-corrected chi connectivity index (χ1v) is 7.47. The van der Waals surface area contributed by atoms with Crippen LogP contribution < -0.4 is 10.6 Å². The van der Waals surface area contributed by atoms with Gasteiger partial charge in [-0.1, -0.05) is 18.2 Å². The number of hydrogen-bond acceptors (Lipinski definition) is 2. The highest BCUT2D eigenvalue weighted by atomic mass is 19.1. The number of nitrogens with zero attached hydrogens (tertiary/aromatic N) is 1. The number of nitrogens with one attached hydrogen (secondary N) is 2. The van der Waals surface area contributed by atoms with Crippen LogP contribution in [0.2, 0.25) is 0 Å². The van der Waals surface area contributed by atoms with Gasteiger partial charge in [-0.15, -0.1) is 0 Å². The molecule has 0 fully saturated rings. The third kappa shape index (κ3) is 3.95. The maximum atomic E-state index is 13.1. The largest absolute Gasteiger partial charge is 0.323 e. The van der Waals surface area contributed by atoms with Gasteiger partial charge in [0.25, 0.3) is 0 Å². The molecule has 2 aromatic carbocycles. The summed E-state index contributed by atoms with van der Waals surface area (Å²) in [6, 6.07) is 16.7. The molecule has 0 saturated heterocycles. The van der Waals surface area contributed by atoms with E-state index in [1.54, 1.807) is 12.3 Å². The van der Waals surface area contributed by atoms with Gasteiger partial charge in [0.2, 0.25) is 0 Å². The quantitative estimate of drug-likeness (QED) is 0.725. The van der Waals surface area contributed by atoms with E-state index in [1.165, 1.54) is 18.2 Å². The van der Waals surface area contributed by atoms with Crippen LogP contribution in [0.25, 0.3) is 11.1 Å². The Hall–Kier alpha value is -3.21. The number of amides is 2. The Balaban J connectivity index is 1.66. The summed E-state index contributed by atoms with van der Waals surface area (Å²) in [7, 11) is 0. The molecule has 0 atom stereocenters. The number of carbonyl (C=O) groups excluding carboxylic acids is 1. The molecule has 0 aliphatic heterocycles. The van der Waals surface area contributed by atoms with Gasteiger partial charge in [0.15, 0.2) is 0 Å². The zero-order valence-corrected chi connectivity index (χ0v) is 13.1. The molecular formula is C19H16FN3O. The molecule has 2 amide bonds. The van der Waals surface area contributed by atoms with Crippen LogP contribution in [0, 0.1) is 12.7 Å². The van der Waals surface area contributed by atoms with Crippen molar-refractivity contribution in [1.29, 1.82) is 0 Å². The van der Waals surface area contributed by atoms with E-state index in [4.69, 9.17) is 0 Å². The van der Waals surface area contributed by atoms with Crippen molar-refractivity contribution in [2.75, 3.05) is 10.6 Å². The van der Waals surface area contributed by atoms with Gasteiger partial charge in [-0.25, -0.2) is 9.18 Å². The van der Waals surface area contributed by atoms with E-state index in [0.29, 0.717) is 11.4 Å². The number of anilines is 2. The van der Waals surface area contributed by atoms with Gasteiger partial charge in [0.05, 0.1) is 0 Å². The van der Waals surface area contributed by atoms with Crippen LogP contribution in [0.1, 0.15) is 5.69 Å². The summed E-state index contributed by atoms with van der Waals surface area (Å²) in [4.78, 5) is 16.1. The number of hydrogen-bond donors (Lipinski definition) is 2. The van der Waals surface area contributed by atoms with E-state index in [2.05, 4.69) is 15.6 Å². The maximum absolute atomic E-state index is 13.1. The van der Waals surface area contributed by atoms with Crippen molar-refractivity contribution in [1.82, 2.24) is 4.98 Å². The smallest absolute Gasteiger partial charge is 0.308 e. The molecule has 0 saturated carbocycles. The van der Waals surface area contributed by atoms with Crippen molar-refractivity contribution in [3.05, 3.63) is 78.4 Å². The Kier molecular flexibility index (Phi) is 4.52. The molecule has 1 aromatic heterocycles. The van der Waals surface area contributed by atoms with Crippen LogP contribution >= 0.6 is 0 Å². The molecule has 4 nitrogen and oxygen atoms in total. The number of carbonyl (C=O) groups is 1. The van der Waals surface area contributed by atoms with Gasteiger partial charge in [0.1, 0.15) is 5.82 Å². The summed E-state index contributed by atoms with van der Waals surface area (Å²) in [6.45, 7) is 1.94. The van der Waals surface area contributed by atoms with Crippen LogP contribution in [-0.2, 0) is 0 Å². The van der Waals surface area contributed by atoms with Crippen molar-refractivity contribution >= 4 is 17.4 Å². The predicted molar refractivity (Wildman–Crippen MR) is 93.5 cm³/mol. The fraction of sp³-hybridized carbons (Fsp3) is 0.0526. The molecule has 0 bridgehead atoms. The van der Waals surface area contributed by atoms with E-state index >= 15 is 0 Å². The van der Waals surface area contributed by atoms with E-state index < -0.39 is 11.8 Å². The Morgan fingerprint density at radius 2 is 1.67 bits per heavy atom. The highest BCUT2D eigenvalue weighted by Gasteiger charge is 2.04. The zero-order valence-electron chi connectivity index (χ0n) is 13.1. The molecule has 3 rings (SSSR count). The van der Waals surface area contributed by atoms with E-state index in [9.17, 15) is 9.18 Å². The lowest BCUT2D eigenvalue weighted by Gasteiger charge is -2.09. The number of urea groups is 1. The Labute approximate surface area is 139 Å². The normalized spacial score (nSPS) is 10.2.